The Bertz CT molecular complexity index is 290. The first-order chi connectivity index (χ1) is 9.31. The molecule has 1 saturated carbocycles. The zero-order valence-corrected chi connectivity index (χ0v) is 13.7. The van der Waals surface area contributed by atoms with E-state index in [9.17, 15) is 0 Å². The highest BCUT2D eigenvalue weighted by Gasteiger charge is 2.43. The van der Waals surface area contributed by atoms with Gasteiger partial charge in [-0.2, -0.15) is 0 Å². The van der Waals surface area contributed by atoms with Crippen LogP contribution in [0.5, 0.6) is 0 Å². The number of ether oxygens (including phenoxy) is 1. The first-order valence-electron chi connectivity index (χ1n) is 8.29. The van der Waals surface area contributed by atoms with Crippen LogP contribution in [0.4, 0.5) is 0 Å². The van der Waals surface area contributed by atoms with Crippen molar-refractivity contribution in [3.63, 3.8) is 0 Å². The second kappa shape index (κ2) is 6.44. The second-order valence-electron chi connectivity index (χ2n) is 6.79. The third kappa shape index (κ3) is 3.36. The van der Waals surface area contributed by atoms with Gasteiger partial charge in [-0.1, -0.05) is 28.8 Å². The molecule has 0 N–H and O–H groups in total. The minimum absolute atomic E-state index is 0.315. The van der Waals surface area contributed by atoms with E-state index in [1.165, 1.54) is 77.3 Å². The predicted octanol–water partition coefficient (Wildman–Crippen LogP) is 4.12. The number of hydrogen-bond acceptors (Lipinski definition) is 2. The number of alkyl halides is 1. The number of hydrogen-bond donors (Lipinski definition) is 0. The smallest absolute Gasteiger partial charge is 0.0710 e. The molecule has 1 spiro atoms. The third-order valence-corrected chi connectivity index (χ3v) is 6.02. The monoisotopic (exact) mass is 329 g/mol. The number of likely N-dealkylation sites (tertiary alicyclic amines) is 1. The van der Waals surface area contributed by atoms with Gasteiger partial charge in [-0.15, -0.1) is 0 Å². The first-order valence-corrected chi connectivity index (χ1v) is 9.41. The Hall–Kier alpha value is 0.400. The van der Waals surface area contributed by atoms with Crippen molar-refractivity contribution >= 4 is 15.9 Å². The van der Waals surface area contributed by atoms with Gasteiger partial charge in [-0.25, -0.2) is 0 Å². The van der Waals surface area contributed by atoms with Crippen LogP contribution in [0.2, 0.25) is 0 Å². The van der Waals surface area contributed by atoms with E-state index in [0.717, 1.165) is 11.4 Å². The summed E-state index contributed by atoms with van der Waals surface area (Å²) < 4.78 is 6.47. The molecule has 0 radical (unpaired) electrons. The molecule has 0 aromatic rings. The maximum atomic E-state index is 6.47. The summed E-state index contributed by atoms with van der Waals surface area (Å²) in [7, 11) is 0. The lowest BCUT2D eigenvalue weighted by Gasteiger charge is -2.29. The summed E-state index contributed by atoms with van der Waals surface area (Å²) in [4.78, 5) is 2.72. The molecule has 0 aromatic heterocycles. The SMILES string of the molecule is BrCCCC1CCCN1CC1CCC2(CCCC2)O1. The van der Waals surface area contributed by atoms with Gasteiger partial charge in [-0.05, 0) is 57.9 Å². The van der Waals surface area contributed by atoms with Crippen molar-refractivity contribution < 1.29 is 4.74 Å². The van der Waals surface area contributed by atoms with Crippen molar-refractivity contribution in [1.82, 2.24) is 4.90 Å². The quantitative estimate of drug-likeness (QED) is 0.703. The topological polar surface area (TPSA) is 12.5 Å². The highest BCUT2D eigenvalue weighted by molar-refractivity contribution is 9.09. The van der Waals surface area contributed by atoms with Gasteiger partial charge in [0.2, 0.25) is 0 Å². The van der Waals surface area contributed by atoms with Gasteiger partial charge < -0.3 is 4.74 Å². The maximum absolute atomic E-state index is 6.47. The predicted molar refractivity (Wildman–Crippen MR) is 82.9 cm³/mol. The van der Waals surface area contributed by atoms with E-state index >= 15 is 0 Å². The van der Waals surface area contributed by atoms with Crippen LogP contribution in [0.1, 0.15) is 64.2 Å². The van der Waals surface area contributed by atoms with Crippen LogP contribution in [0.15, 0.2) is 0 Å². The minimum atomic E-state index is 0.315. The normalized spacial score (nSPS) is 34.6. The lowest BCUT2D eigenvalue weighted by atomic mass is 9.98. The Morgan fingerprint density at radius 1 is 1.11 bits per heavy atom. The van der Waals surface area contributed by atoms with Crippen LogP contribution in [0, 0.1) is 0 Å². The van der Waals surface area contributed by atoms with E-state index in [0.29, 0.717) is 11.7 Å². The summed E-state index contributed by atoms with van der Waals surface area (Å²) in [5.41, 5.74) is 0.315. The first kappa shape index (κ1) is 14.3. The molecule has 1 aliphatic carbocycles. The summed E-state index contributed by atoms with van der Waals surface area (Å²) in [5, 5.41) is 1.15. The standard InChI is InChI=1S/C16H28BrNO/c17-11-3-5-14-6-4-12-18(14)13-15-7-10-16(19-15)8-1-2-9-16/h14-15H,1-13H2. The van der Waals surface area contributed by atoms with Gasteiger partial charge in [0.15, 0.2) is 0 Å². The Morgan fingerprint density at radius 2 is 1.95 bits per heavy atom. The zero-order valence-electron chi connectivity index (χ0n) is 12.1. The molecule has 2 nitrogen and oxygen atoms in total. The van der Waals surface area contributed by atoms with Crippen molar-refractivity contribution in [1.29, 1.82) is 0 Å². The lowest BCUT2D eigenvalue weighted by molar-refractivity contribution is -0.0486. The van der Waals surface area contributed by atoms with Crippen LogP contribution >= 0.6 is 15.9 Å². The fourth-order valence-corrected chi connectivity index (χ4v) is 4.77. The van der Waals surface area contributed by atoms with Crippen molar-refractivity contribution in [3.8, 4) is 0 Å². The van der Waals surface area contributed by atoms with E-state index in [1.54, 1.807) is 0 Å². The fourth-order valence-electron chi connectivity index (χ4n) is 4.45. The van der Waals surface area contributed by atoms with Crippen LogP contribution in [-0.4, -0.2) is 41.1 Å². The third-order valence-electron chi connectivity index (χ3n) is 5.46. The van der Waals surface area contributed by atoms with Gasteiger partial charge in [0.25, 0.3) is 0 Å². The molecule has 2 aliphatic heterocycles. The second-order valence-corrected chi connectivity index (χ2v) is 7.58. The van der Waals surface area contributed by atoms with Gasteiger partial charge in [0, 0.05) is 17.9 Å². The molecule has 2 atom stereocenters. The van der Waals surface area contributed by atoms with Crippen molar-refractivity contribution in [2.24, 2.45) is 0 Å². The number of nitrogens with zero attached hydrogens (tertiary/aromatic N) is 1. The molecule has 3 fully saturated rings. The summed E-state index contributed by atoms with van der Waals surface area (Å²) in [6.07, 6.45) is 14.1. The number of rotatable bonds is 5. The summed E-state index contributed by atoms with van der Waals surface area (Å²) in [6.45, 7) is 2.51. The average Bonchev–Trinajstić information content (AvgIpc) is 3.12. The molecule has 3 rings (SSSR count). The molecule has 0 aromatic carbocycles. The highest BCUT2D eigenvalue weighted by Crippen LogP contribution is 2.43. The van der Waals surface area contributed by atoms with E-state index in [4.69, 9.17) is 4.74 Å². The van der Waals surface area contributed by atoms with Crippen molar-refractivity contribution in [2.75, 3.05) is 18.4 Å². The molecular weight excluding hydrogens is 302 g/mol. The Morgan fingerprint density at radius 3 is 2.74 bits per heavy atom. The Balaban J connectivity index is 1.48. The van der Waals surface area contributed by atoms with Crippen molar-refractivity contribution in [3.05, 3.63) is 0 Å². The maximum Gasteiger partial charge on any atom is 0.0710 e. The molecular formula is C16H28BrNO. The van der Waals surface area contributed by atoms with Gasteiger partial charge in [0.05, 0.1) is 11.7 Å². The summed E-state index contributed by atoms with van der Waals surface area (Å²) in [5.74, 6) is 0. The molecule has 3 aliphatic rings. The largest absolute Gasteiger partial charge is 0.370 e. The van der Waals surface area contributed by atoms with Crippen LogP contribution in [0.25, 0.3) is 0 Å². The average molecular weight is 330 g/mol. The zero-order chi connectivity index (χ0) is 13.1. The van der Waals surface area contributed by atoms with Crippen LogP contribution < -0.4 is 0 Å². The molecule has 110 valence electrons. The molecule has 2 saturated heterocycles. The van der Waals surface area contributed by atoms with E-state index in [1.807, 2.05) is 0 Å². The molecule has 0 bridgehead atoms. The van der Waals surface area contributed by atoms with E-state index in [2.05, 4.69) is 20.8 Å². The molecule has 19 heavy (non-hydrogen) atoms. The van der Waals surface area contributed by atoms with Crippen molar-refractivity contribution in [2.45, 2.75) is 82.0 Å². The van der Waals surface area contributed by atoms with Gasteiger partial charge in [-0.3, -0.25) is 4.90 Å². The Kier molecular flexibility index (Phi) is 4.86. The van der Waals surface area contributed by atoms with E-state index in [-0.39, 0.29) is 0 Å². The molecule has 2 unspecified atom stereocenters. The Labute approximate surface area is 126 Å². The summed E-state index contributed by atoms with van der Waals surface area (Å²) in [6, 6.07) is 0.835. The highest BCUT2D eigenvalue weighted by atomic mass is 79.9. The minimum Gasteiger partial charge on any atom is -0.370 e. The summed E-state index contributed by atoms with van der Waals surface area (Å²) >= 11 is 3.56. The molecule has 0 amide bonds. The molecule has 2 heterocycles. The fraction of sp³-hybridized carbons (Fsp3) is 1.00. The lowest BCUT2D eigenvalue weighted by Crippen LogP contribution is -2.37. The number of halogens is 1. The van der Waals surface area contributed by atoms with E-state index < -0.39 is 0 Å². The van der Waals surface area contributed by atoms with Crippen LogP contribution in [-0.2, 0) is 4.74 Å². The van der Waals surface area contributed by atoms with Crippen LogP contribution in [0.3, 0.4) is 0 Å². The molecule has 3 heteroatoms. The van der Waals surface area contributed by atoms with Gasteiger partial charge >= 0.3 is 0 Å². The van der Waals surface area contributed by atoms with Gasteiger partial charge in [0.1, 0.15) is 0 Å².